The molecule has 0 radical (unpaired) electrons. The van der Waals surface area contributed by atoms with Crippen LogP contribution in [0.2, 0.25) is 5.02 Å². The monoisotopic (exact) mass is 613 g/mol. The summed E-state index contributed by atoms with van der Waals surface area (Å²) in [7, 11) is -2.06. The minimum Gasteiger partial charge on any atom is -0.497 e. The fourth-order valence-electron chi connectivity index (χ4n) is 4.53. The molecule has 0 aliphatic rings. The second-order valence-corrected chi connectivity index (χ2v) is 12.7. The lowest BCUT2D eigenvalue weighted by molar-refractivity contribution is -0.141. The molecule has 1 N–H and O–H groups in total. The van der Waals surface area contributed by atoms with Crippen molar-refractivity contribution in [3.63, 3.8) is 0 Å². The van der Waals surface area contributed by atoms with Gasteiger partial charge in [-0.15, -0.1) is 0 Å². The van der Waals surface area contributed by atoms with E-state index in [1.54, 1.807) is 48.4 Å². The largest absolute Gasteiger partial charge is 0.497 e. The normalized spacial score (nSPS) is 12.7. The predicted octanol–water partition coefficient (Wildman–Crippen LogP) is 5.45. The molecule has 226 valence electrons. The number of anilines is 1. The molecular formula is C32H40ClN3O5S. The molecule has 0 heterocycles. The number of hydrogen-bond acceptors (Lipinski definition) is 5. The second-order valence-electron chi connectivity index (χ2n) is 10.3. The number of methoxy groups -OCH3 is 1. The van der Waals surface area contributed by atoms with E-state index in [2.05, 4.69) is 5.32 Å². The summed E-state index contributed by atoms with van der Waals surface area (Å²) in [6, 6.07) is 22.7. The minimum atomic E-state index is -3.60. The Hall–Kier alpha value is -3.56. The first-order chi connectivity index (χ1) is 20.0. The molecule has 0 aliphatic carbocycles. The molecule has 0 unspecified atom stereocenters. The van der Waals surface area contributed by atoms with Gasteiger partial charge < -0.3 is 15.0 Å². The molecule has 3 aromatic carbocycles. The lowest BCUT2D eigenvalue weighted by Gasteiger charge is -2.32. The lowest BCUT2D eigenvalue weighted by atomic mass is 10.0. The summed E-state index contributed by atoms with van der Waals surface area (Å²) in [4.78, 5) is 29.1. The Balaban J connectivity index is 1.87. The maximum atomic E-state index is 13.9. The Kier molecular flexibility index (Phi) is 12.2. The first kappa shape index (κ1) is 32.9. The minimum absolute atomic E-state index is 0.0532. The number of sulfonamides is 1. The summed E-state index contributed by atoms with van der Waals surface area (Å²) in [6.07, 6.45) is 2.55. The van der Waals surface area contributed by atoms with Crippen LogP contribution in [0.1, 0.15) is 44.2 Å². The third-order valence-electron chi connectivity index (χ3n) is 7.05. The number of nitrogens with one attached hydrogen (secondary N) is 1. The van der Waals surface area contributed by atoms with E-state index in [9.17, 15) is 18.0 Å². The Morgan fingerprint density at radius 1 is 0.952 bits per heavy atom. The number of rotatable bonds is 15. The summed E-state index contributed by atoms with van der Waals surface area (Å²) in [6.45, 7) is 4.23. The molecule has 0 aliphatic heterocycles. The van der Waals surface area contributed by atoms with Crippen LogP contribution in [0.4, 0.5) is 5.69 Å². The highest BCUT2D eigenvalue weighted by atomic mass is 35.5. The Labute approximate surface area is 254 Å². The maximum Gasteiger partial charge on any atom is 0.243 e. The number of hydrogen-bond donors (Lipinski definition) is 1. The van der Waals surface area contributed by atoms with Gasteiger partial charge in [0.2, 0.25) is 21.8 Å². The van der Waals surface area contributed by atoms with Crippen molar-refractivity contribution in [3.05, 3.63) is 95.0 Å². The number of carbonyl (C=O) groups is 2. The van der Waals surface area contributed by atoms with Crippen molar-refractivity contribution in [3.8, 4) is 5.75 Å². The maximum absolute atomic E-state index is 13.9. The first-order valence-electron chi connectivity index (χ1n) is 14.0. The zero-order chi connectivity index (χ0) is 30.7. The average molecular weight is 614 g/mol. The van der Waals surface area contributed by atoms with E-state index in [1.807, 2.05) is 56.3 Å². The summed E-state index contributed by atoms with van der Waals surface area (Å²) < 4.78 is 31.7. The van der Waals surface area contributed by atoms with Gasteiger partial charge in [0.05, 0.1) is 19.1 Å². The van der Waals surface area contributed by atoms with Crippen molar-refractivity contribution in [2.45, 2.75) is 58.2 Å². The lowest BCUT2D eigenvalue weighted by Crippen LogP contribution is -2.52. The van der Waals surface area contributed by atoms with E-state index < -0.39 is 16.1 Å². The van der Waals surface area contributed by atoms with E-state index in [4.69, 9.17) is 16.3 Å². The van der Waals surface area contributed by atoms with Crippen LogP contribution in [0.3, 0.4) is 0 Å². The molecule has 0 bridgehead atoms. The van der Waals surface area contributed by atoms with Gasteiger partial charge in [0.1, 0.15) is 11.8 Å². The van der Waals surface area contributed by atoms with Crippen LogP contribution in [0, 0.1) is 0 Å². The number of amides is 2. The quantitative estimate of drug-likeness (QED) is 0.246. The molecule has 2 amide bonds. The van der Waals surface area contributed by atoms with Crippen molar-refractivity contribution in [2.24, 2.45) is 0 Å². The zero-order valence-corrected chi connectivity index (χ0v) is 26.2. The molecule has 0 fully saturated rings. The summed E-state index contributed by atoms with van der Waals surface area (Å²) in [5.74, 6) is 0.139. The summed E-state index contributed by atoms with van der Waals surface area (Å²) in [5.41, 5.74) is 2.25. The fraction of sp³-hybridized carbons (Fsp3) is 0.375. The summed E-state index contributed by atoms with van der Waals surface area (Å²) >= 11 is 6.10. The van der Waals surface area contributed by atoms with Gasteiger partial charge in [-0.3, -0.25) is 13.9 Å². The third kappa shape index (κ3) is 9.77. The summed E-state index contributed by atoms with van der Waals surface area (Å²) in [5, 5.41) is 3.63. The molecule has 10 heteroatoms. The van der Waals surface area contributed by atoms with Crippen LogP contribution < -0.4 is 14.4 Å². The number of benzene rings is 3. The van der Waals surface area contributed by atoms with Crippen molar-refractivity contribution < 1.29 is 22.7 Å². The molecule has 2 atom stereocenters. The van der Waals surface area contributed by atoms with E-state index >= 15 is 0 Å². The van der Waals surface area contributed by atoms with Crippen LogP contribution >= 0.6 is 11.6 Å². The van der Waals surface area contributed by atoms with Gasteiger partial charge in [0.25, 0.3) is 0 Å². The molecule has 8 nitrogen and oxygen atoms in total. The molecule has 0 spiro atoms. The van der Waals surface area contributed by atoms with Gasteiger partial charge in [-0.1, -0.05) is 61.0 Å². The highest BCUT2D eigenvalue weighted by Gasteiger charge is 2.31. The highest BCUT2D eigenvalue weighted by molar-refractivity contribution is 7.92. The van der Waals surface area contributed by atoms with Crippen LogP contribution in [0.5, 0.6) is 5.75 Å². The van der Waals surface area contributed by atoms with Crippen molar-refractivity contribution in [1.29, 1.82) is 0 Å². The van der Waals surface area contributed by atoms with Gasteiger partial charge in [0.15, 0.2) is 0 Å². The van der Waals surface area contributed by atoms with Crippen LogP contribution in [-0.2, 0) is 32.6 Å². The number of carbonyl (C=O) groups excluding carboxylic acids is 2. The molecule has 0 saturated carbocycles. The van der Waals surface area contributed by atoms with Crippen molar-refractivity contribution in [1.82, 2.24) is 10.2 Å². The zero-order valence-electron chi connectivity index (χ0n) is 24.6. The second kappa shape index (κ2) is 15.6. The molecule has 3 rings (SSSR count). The van der Waals surface area contributed by atoms with Crippen LogP contribution in [-0.4, -0.2) is 57.1 Å². The van der Waals surface area contributed by atoms with E-state index in [0.29, 0.717) is 22.9 Å². The van der Waals surface area contributed by atoms with E-state index in [1.165, 1.54) is 4.31 Å². The molecule has 3 aromatic rings. The van der Waals surface area contributed by atoms with Gasteiger partial charge >= 0.3 is 0 Å². The molecule has 0 saturated heterocycles. The molecular weight excluding hydrogens is 574 g/mol. The number of ether oxygens (including phenoxy) is 1. The SMILES string of the molecule is CC[C@@H](C)NC(=O)[C@H](Cc1ccccc1)N(Cc1ccc(Cl)cc1)C(=O)CCCN(c1ccc(OC)cc1)S(C)(=O)=O. The predicted molar refractivity (Wildman–Crippen MR) is 168 cm³/mol. The van der Waals surface area contributed by atoms with Gasteiger partial charge in [0, 0.05) is 37.0 Å². The number of nitrogens with zero attached hydrogens (tertiary/aromatic N) is 2. The van der Waals surface area contributed by atoms with Gasteiger partial charge in [-0.05, 0) is 67.3 Å². The molecule has 42 heavy (non-hydrogen) atoms. The highest BCUT2D eigenvalue weighted by Crippen LogP contribution is 2.23. The standard InChI is InChI=1S/C32H40ClN3O5S/c1-5-24(2)34-32(38)30(22-25-10-7-6-8-11-25)35(23-26-13-15-27(33)16-14-26)31(37)12-9-21-36(42(4,39)40)28-17-19-29(41-3)20-18-28/h6-8,10-11,13-20,24,30H,5,9,12,21-23H2,1-4H3,(H,34,38)/t24-,30+/m1/s1. The smallest absolute Gasteiger partial charge is 0.243 e. The van der Waals surface area contributed by atoms with E-state index in [-0.39, 0.29) is 43.8 Å². The Morgan fingerprint density at radius 3 is 2.17 bits per heavy atom. The fourth-order valence-corrected chi connectivity index (χ4v) is 5.63. The van der Waals surface area contributed by atoms with Crippen molar-refractivity contribution in [2.75, 3.05) is 24.2 Å². The first-order valence-corrected chi connectivity index (χ1v) is 16.2. The van der Waals surface area contributed by atoms with Gasteiger partial charge in [-0.25, -0.2) is 8.42 Å². The molecule has 0 aromatic heterocycles. The number of halogens is 1. The Morgan fingerprint density at radius 2 is 1.60 bits per heavy atom. The van der Waals surface area contributed by atoms with Crippen LogP contribution in [0.15, 0.2) is 78.9 Å². The average Bonchev–Trinajstić information content (AvgIpc) is 2.97. The van der Waals surface area contributed by atoms with Crippen molar-refractivity contribution >= 4 is 39.1 Å². The third-order valence-corrected chi connectivity index (χ3v) is 8.50. The topological polar surface area (TPSA) is 96.0 Å². The van der Waals surface area contributed by atoms with Gasteiger partial charge in [-0.2, -0.15) is 0 Å². The van der Waals surface area contributed by atoms with Crippen LogP contribution in [0.25, 0.3) is 0 Å². The Bertz CT molecular complexity index is 1400. The van der Waals surface area contributed by atoms with E-state index in [0.717, 1.165) is 23.8 Å².